The number of para-hydroxylation sites is 1. The van der Waals surface area contributed by atoms with Gasteiger partial charge in [-0.25, -0.2) is 4.39 Å². The lowest BCUT2D eigenvalue weighted by Gasteiger charge is -2.36. The lowest BCUT2D eigenvalue weighted by atomic mass is 10.2. The fraction of sp³-hybridized carbons (Fsp3) is 0.348. The van der Waals surface area contributed by atoms with E-state index in [1.165, 1.54) is 6.07 Å². The van der Waals surface area contributed by atoms with Crippen LogP contribution in [0.5, 0.6) is 0 Å². The standard InChI is InChI=1S/C23H27FN6/c1-3-28(4-2)22-25-21(18-10-6-5-7-11-18)26-23(27-22)30-16-14-29(15-17-30)20-13-9-8-12-19(20)24/h5-13H,3-4,14-17H2,1-2H3. The van der Waals surface area contributed by atoms with Gasteiger partial charge in [0.1, 0.15) is 5.82 Å². The smallest absolute Gasteiger partial charge is 0.230 e. The molecule has 0 bridgehead atoms. The molecule has 0 aliphatic carbocycles. The first-order valence-corrected chi connectivity index (χ1v) is 10.5. The summed E-state index contributed by atoms with van der Waals surface area (Å²) in [6, 6.07) is 16.9. The van der Waals surface area contributed by atoms with Gasteiger partial charge in [0.25, 0.3) is 0 Å². The molecule has 4 rings (SSSR count). The highest BCUT2D eigenvalue weighted by molar-refractivity contribution is 5.59. The molecule has 0 atom stereocenters. The van der Waals surface area contributed by atoms with Crippen molar-refractivity contribution < 1.29 is 4.39 Å². The molecule has 156 valence electrons. The summed E-state index contributed by atoms with van der Waals surface area (Å²) in [5.41, 5.74) is 1.63. The molecule has 30 heavy (non-hydrogen) atoms. The molecular formula is C23H27FN6. The average Bonchev–Trinajstić information content (AvgIpc) is 2.81. The molecule has 1 aliphatic heterocycles. The molecule has 0 radical (unpaired) electrons. The third-order valence-corrected chi connectivity index (χ3v) is 5.45. The minimum Gasteiger partial charge on any atom is -0.366 e. The van der Waals surface area contributed by atoms with E-state index in [1.807, 2.05) is 42.5 Å². The molecule has 0 saturated carbocycles. The lowest BCUT2D eigenvalue weighted by molar-refractivity contribution is 0.593. The van der Waals surface area contributed by atoms with Gasteiger partial charge in [0.2, 0.25) is 11.9 Å². The fourth-order valence-electron chi connectivity index (χ4n) is 3.72. The zero-order chi connectivity index (χ0) is 20.9. The normalized spacial score (nSPS) is 14.1. The van der Waals surface area contributed by atoms with Crippen LogP contribution in [-0.2, 0) is 0 Å². The molecule has 7 heteroatoms. The summed E-state index contributed by atoms with van der Waals surface area (Å²) in [5.74, 6) is 1.87. The van der Waals surface area contributed by atoms with E-state index >= 15 is 0 Å². The molecule has 0 spiro atoms. The Kier molecular flexibility index (Phi) is 6.07. The average molecular weight is 407 g/mol. The quantitative estimate of drug-likeness (QED) is 0.620. The first-order chi connectivity index (χ1) is 14.7. The second kappa shape index (κ2) is 9.07. The summed E-state index contributed by atoms with van der Waals surface area (Å²) in [7, 11) is 0. The van der Waals surface area contributed by atoms with Gasteiger partial charge in [-0.1, -0.05) is 42.5 Å². The monoisotopic (exact) mass is 406 g/mol. The first-order valence-electron chi connectivity index (χ1n) is 10.5. The van der Waals surface area contributed by atoms with Gasteiger partial charge in [-0.05, 0) is 26.0 Å². The van der Waals surface area contributed by atoms with E-state index in [0.29, 0.717) is 36.5 Å². The highest BCUT2D eigenvalue weighted by Gasteiger charge is 2.23. The van der Waals surface area contributed by atoms with Crippen LogP contribution in [-0.4, -0.2) is 54.2 Å². The first kappa shape index (κ1) is 20.1. The van der Waals surface area contributed by atoms with Crippen LogP contribution in [0.2, 0.25) is 0 Å². The number of piperazine rings is 1. The Morgan fingerprint density at radius 3 is 2.10 bits per heavy atom. The van der Waals surface area contributed by atoms with Gasteiger partial charge in [-0.3, -0.25) is 0 Å². The molecule has 1 fully saturated rings. The molecule has 2 aromatic carbocycles. The van der Waals surface area contributed by atoms with Gasteiger partial charge in [0.05, 0.1) is 5.69 Å². The van der Waals surface area contributed by atoms with Gasteiger partial charge in [-0.2, -0.15) is 15.0 Å². The van der Waals surface area contributed by atoms with Crippen LogP contribution >= 0.6 is 0 Å². The lowest BCUT2D eigenvalue weighted by Crippen LogP contribution is -2.47. The van der Waals surface area contributed by atoms with Crippen molar-refractivity contribution in [1.82, 2.24) is 15.0 Å². The molecule has 0 unspecified atom stereocenters. The van der Waals surface area contributed by atoms with Crippen molar-refractivity contribution in [3.8, 4) is 11.4 Å². The van der Waals surface area contributed by atoms with E-state index in [9.17, 15) is 4.39 Å². The summed E-state index contributed by atoms with van der Waals surface area (Å²) in [6.07, 6.45) is 0. The van der Waals surface area contributed by atoms with Gasteiger partial charge in [0, 0.05) is 44.8 Å². The van der Waals surface area contributed by atoms with Crippen LogP contribution in [0, 0.1) is 5.82 Å². The predicted octanol–water partition coefficient (Wildman–Crippen LogP) is 3.85. The topological polar surface area (TPSA) is 48.4 Å². The van der Waals surface area contributed by atoms with Crippen LogP contribution in [0.4, 0.5) is 22.0 Å². The molecule has 0 N–H and O–H groups in total. The molecule has 1 aliphatic rings. The second-order valence-electron chi connectivity index (χ2n) is 7.22. The van der Waals surface area contributed by atoms with Gasteiger partial charge in [0.15, 0.2) is 5.82 Å². The Balaban J connectivity index is 1.60. The summed E-state index contributed by atoms with van der Waals surface area (Å²) in [4.78, 5) is 20.7. The van der Waals surface area contributed by atoms with Crippen molar-refractivity contribution in [2.24, 2.45) is 0 Å². The Morgan fingerprint density at radius 2 is 1.43 bits per heavy atom. The summed E-state index contributed by atoms with van der Waals surface area (Å²) in [5, 5.41) is 0. The zero-order valence-electron chi connectivity index (χ0n) is 17.5. The molecule has 1 saturated heterocycles. The number of aromatic nitrogens is 3. The van der Waals surface area contributed by atoms with Gasteiger partial charge in [-0.15, -0.1) is 0 Å². The largest absolute Gasteiger partial charge is 0.366 e. The Bertz CT molecular complexity index is 968. The minimum atomic E-state index is -0.179. The summed E-state index contributed by atoms with van der Waals surface area (Å²) >= 11 is 0. The zero-order valence-corrected chi connectivity index (χ0v) is 17.5. The van der Waals surface area contributed by atoms with E-state index in [-0.39, 0.29) is 5.82 Å². The van der Waals surface area contributed by atoms with E-state index < -0.39 is 0 Å². The third kappa shape index (κ3) is 4.20. The molecule has 1 aromatic heterocycles. The van der Waals surface area contributed by atoms with Crippen molar-refractivity contribution in [3.05, 3.63) is 60.4 Å². The van der Waals surface area contributed by atoms with Crippen LogP contribution in [0.3, 0.4) is 0 Å². The van der Waals surface area contributed by atoms with Gasteiger partial charge >= 0.3 is 0 Å². The summed E-state index contributed by atoms with van der Waals surface area (Å²) in [6.45, 7) is 8.74. The van der Waals surface area contributed by atoms with Crippen molar-refractivity contribution in [2.75, 3.05) is 54.0 Å². The number of benzene rings is 2. The molecular weight excluding hydrogens is 379 g/mol. The van der Waals surface area contributed by atoms with Crippen molar-refractivity contribution >= 4 is 17.6 Å². The number of rotatable bonds is 6. The van der Waals surface area contributed by atoms with Crippen LogP contribution in [0.1, 0.15) is 13.8 Å². The second-order valence-corrected chi connectivity index (χ2v) is 7.22. The van der Waals surface area contributed by atoms with Crippen molar-refractivity contribution in [3.63, 3.8) is 0 Å². The minimum absolute atomic E-state index is 0.179. The Hall–Kier alpha value is -3.22. The maximum Gasteiger partial charge on any atom is 0.230 e. The van der Waals surface area contributed by atoms with Crippen LogP contribution in [0.15, 0.2) is 54.6 Å². The number of nitrogens with zero attached hydrogens (tertiary/aromatic N) is 6. The molecule has 3 aromatic rings. The molecule has 0 amide bonds. The summed E-state index contributed by atoms with van der Waals surface area (Å²) < 4.78 is 14.2. The molecule has 6 nitrogen and oxygen atoms in total. The van der Waals surface area contributed by atoms with Crippen LogP contribution < -0.4 is 14.7 Å². The number of hydrogen-bond donors (Lipinski definition) is 0. The Morgan fingerprint density at radius 1 is 0.800 bits per heavy atom. The Labute approximate surface area is 177 Å². The van der Waals surface area contributed by atoms with Crippen molar-refractivity contribution in [2.45, 2.75) is 13.8 Å². The van der Waals surface area contributed by atoms with Crippen molar-refractivity contribution in [1.29, 1.82) is 0 Å². The molecule has 2 heterocycles. The van der Waals surface area contributed by atoms with E-state index in [2.05, 4.69) is 28.5 Å². The van der Waals surface area contributed by atoms with Gasteiger partial charge < -0.3 is 14.7 Å². The number of hydrogen-bond acceptors (Lipinski definition) is 6. The van der Waals surface area contributed by atoms with E-state index in [0.717, 1.165) is 31.7 Å². The maximum atomic E-state index is 14.2. The van der Waals surface area contributed by atoms with E-state index in [4.69, 9.17) is 15.0 Å². The highest BCUT2D eigenvalue weighted by Crippen LogP contribution is 2.24. The highest BCUT2D eigenvalue weighted by atomic mass is 19.1. The number of halogens is 1. The maximum absolute atomic E-state index is 14.2. The fourth-order valence-corrected chi connectivity index (χ4v) is 3.72. The van der Waals surface area contributed by atoms with E-state index in [1.54, 1.807) is 6.07 Å². The van der Waals surface area contributed by atoms with Crippen LogP contribution in [0.25, 0.3) is 11.4 Å². The number of anilines is 3. The SMILES string of the molecule is CCN(CC)c1nc(-c2ccccc2)nc(N2CCN(c3ccccc3F)CC2)n1. The predicted molar refractivity (Wildman–Crippen MR) is 120 cm³/mol. The third-order valence-electron chi connectivity index (χ3n) is 5.45.